The zero-order valence-electron chi connectivity index (χ0n) is 26.1. The summed E-state index contributed by atoms with van der Waals surface area (Å²) in [5.41, 5.74) is 1.01. The van der Waals surface area contributed by atoms with Gasteiger partial charge in [-0.3, -0.25) is 0 Å². The van der Waals surface area contributed by atoms with E-state index in [-0.39, 0.29) is 77.2 Å². The van der Waals surface area contributed by atoms with Crippen LogP contribution in [0.3, 0.4) is 0 Å². The van der Waals surface area contributed by atoms with E-state index in [1.54, 1.807) is 0 Å². The molecule has 0 aromatic heterocycles. The van der Waals surface area contributed by atoms with Crippen molar-refractivity contribution in [3.8, 4) is 0 Å². The van der Waals surface area contributed by atoms with Crippen molar-refractivity contribution in [3.05, 3.63) is 24.3 Å². The number of hydrogen-bond acceptors (Lipinski definition) is 0. The van der Waals surface area contributed by atoms with Crippen molar-refractivity contribution < 1.29 is 45.2 Å². The molecule has 0 spiro atoms. The van der Waals surface area contributed by atoms with E-state index in [9.17, 15) is 0 Å². The molecule has 2 unspecified atom stereocenters. The zero-order chi connectivity index (χ0) is 26.4. The summed E-state index contributed by atoms with van der Waals surface area (Å²) in [4.78, 5) is 0. The van der Waals surface area contributed by atoms with E-state index < -0.39 is 0 Å². The van der Waals surface area contributed by atoms with Crippen molar-refractivity contribution in [2.75, 3.05) is 0 Å². The van der Waals surface area contributed by atoms with Crippen molar-refractivity contribution in [2.45, 2.75) is 134 Å². The fraction of sp³-hybridized carbons (Fsp3) is 0.867. The molecule has 0 amide bonds. The molecule has 0 fully saturated rings. The van der Waals surface area contributed by atoms with Crippen molar-refractivity contribution in [1.82, 2.24) is 0 Å². The Morgan fingerprint density at radius 1 is 0.486 bits per heavy atom. The summed E-state index contributed by atoms with van der Waals surface area (Å²) in [5.74, 6) is 1.48. The van der Waals surface area contributed by atoms with Crippen LogP contribution in [0.5, 0.6) is 0 Å². The van der Waals surface area contributed by atoms with Gasteiger partial charge in [0.1, 0.15) is 0 Å². The second-order valence-corrected chi connectivity index (χ2v) is 16.6. The molecule has 0 bridgehead atoms. The summed E-state index contributed by atoms with van der Waals surface area (Å²) in [6, 6.07) is 0. The molecule has 0 saturated carbocycles. The summed E-state index contributed by atoms with van der Waals surface area (Å²) < 4.78 is 0. The summed E-state index contributed by atoms with van der Waals surface area (Å²) in [6.07, 6.45) is 11.9. The van der Waals surface area contributed by atoms with Crippen LogP contribution in [-0.2, 0) is 20.4 Å². The molecule has 0 radical (unpaired) electrons. The first-order valence-electron chi connectivity index (χ1n) is 12.8. The molecule has 0 aromatic rings. The van der Waals surface area contributed by atoms with Crippen LogP contribution in [0.2, 0.25) is 0 Å². The average Bonchev–Trinajstić information content (AvgIpc) is 2.50. The quantitative estimate of drug-likeness (QED) is 0.222. The molecular formula is C30H62Cl2P2Pd. The average molecular weight is 662 g/mol. The third-order valence-electron chi connectivity index (χ3n) is 6.94. The minimum absolute atomic E-state index is 0. The van der Waals surface area contributed by atoms with E-state index >= 15 is 0 Å². The van der Waals surface area contributed by atoms with Gasteiger partial charge in [0.25, 0.3) is 0 Å². The van der Waals surface area contributed by atoms with Gasteiger partial charge in [-0.1, -0.05) is 135 Å². The molecule has 35 heavy (non-hydrogen) atoms. The van der Waals surface area contributed by atoms with Gasteiger partial charge in [-0.25, -0.2) is 0 Å². The first-order valence-corrected chi connectivity index (χ1v) is 13.9. The van der Waals surface area contributed by atoms with Crippen molar-refractivity contribution in [1.29, 1.82) is 0 Å². The van der Waals surface area contributed by atoms with Gasteiger partial charge < -0.3 is 24.8 Å². The molecule has 0 aliphatic heterocycles. The molecular weight excluding hydrogens is 600 g/mol. The molecule has 2 atom stereocenters. The first kappa shape index (κ1) is 46.4. The first-order chi connectivity index (χ1) is 13.8. The topological polar surface area (TPSA) is 0 Å². The predicted molar refractivity (Wildman–Crippen MR) is 160 cm³/mol. The van der Waals surface area contributed by atoms with Gasteiger partial charge in [0, 0.05) is 10.3 Å². The monoisotopic (exact) mass is 660 g/mol. The Morgan fingerprint density at radius 3 is 0.771 bits per heavy atom. The van der Waals surface area contributed by atoms with Gasteiger partial charge in [-0.15, -0.1) is 18.5 Å². The van der Waals surface area contributed by atoms with Crippen molar-refractivity contribution in [2.24, 2.45) is 33.5 Å². The van der Waals surface area contributed by atoms with E-state index in [0.29, 0.717) is 0 Å². The van der Waals surface area contributed by atoms with Crippen LogP contribution in [0.25, 0.3) is 0 Å². The molecule has 0 nitrogen and oxygen atoms in total. The van der Waals surface area contributed by atoms with Crippen LogP contribution >= 0.6 is 18.5 Å². The Hall–Kier alpha value is 1.58. The van der Waals surface area contributed by atoms with Gasteiger partial charge in [-0.05, 0) is 46.3 Å². The Morgan fingerprint density at radius 2 is 0.657 bits per heavy atom. The van der Waals surface area contributed by atoms with Crippen LogP contribution in [0.4, 0.5) is 0 Å². The molecule has 5 heteroatoms. The number of halogens is 2. The maximum absolute atomic E-state index is 3.10. The molecule has 0 aliphatic rings. The summed E-state index contributed by atoms with van der Waals surface area (Å²) in [6.45, 7) is 37.0. The van der Waals surface area contributed by atoms with Gasteiger partial charge in [-0.2, -0.15) is 0 Å². The Balaban J connectivity index is -0.000000158. The van der Waals surface area contributed by atoms with Crippen molar-refractivity contribution in [3.63, 3.8) is 0 Å². The smallest absolute Gasteiger partial charge is 1.00 e. The number of allylic oxidation sites excluding steroid dienone is 4. The van der Waals surface area contributed by atoms with Crippen LogP contribution < -0.4 is 24.8 Å². The normalized spacial score (nSPS) is 13.8. The molecule has 0 rings (SSSR count). The van der Waals surface area contributed by atoms with Gasteiger partial charge in [0.15, 0.2) is 0 Å². The van der Waals surface area contributed by atoms with Gasteiger partial charge >= 0.3 is 20.4 Å². The second kappa shape index (κ2) is 17.3. The SMILES string of the molecule is CC(C)CC=CC(P)(C(C)(C)C)C(C)(C)C.CC(C)CC=CC(P)(C(C)(C)C)C(C)(C)C.[Cl-].[Cl-].[Pd+2]. The zero-order valence-corrected chi connectivity index (χ0v) is 31.5. The van der Waals surface area contributed by atoms with Crippen LogP contribution in [-0.4, -0.2) is 10.3 Å². The predicted octanol–water partition coefficient (Wildman–Crippen LogP) is 4.60. The minimum atomic E-state index is 0. The molecule has 0 heterocycles. The third kappa shape index (κ3) is 15.1. The Labute approximate surface area is 254 Å². The Kier molecular flexibility index (Phi) is 23.0. The minimum Gasteiger partial charge on any atom is -1.00 e. The third-order valence-corrected chi connectivity index (χ3v) is 10.8. The van der Waals surface area contributed by atoms with E-state index in [1.807, 2.05) is 0 Å². The van der Waals surface area contributed by atoms with Gasteiger partial charge in [0.05, 0.1) is 0 Å². The summed E-state index contributed by atoms with van der Waals surface area (Å²) in [5, 5.41) is 0.295. The molecule has 0 aliphatic carbocycles. The standard InChI is InChI=1S/2C15H31P.2ClH.Pd/c2*1-12(2)10-9-11-15(16,13(3,4)5)14(6,7)8;;;/h2*9,11-12H,10,16H2,1-8H3;2*1H;/q;;;;+2/p-2. The molecule has 216 valence electrons. The maximum Gasteiger partial charge on any atom is 2.00 e. The van der Waals surface area contributed by atoms with Crippen molar-refractivity contribution >= 4 is 18.5 Å². The summed E-state index contributed by atoms with van der Waals surface area (Å²) in [7, 11) is 6.20. The molecule has 0 N–H and O–H groups in total. The Bertz CT molecular complexity index is 514. The maximum atomic E-state index is 3.10. The van der Waals surface area contributed by atoms with Crippen LogP contribution in [0, 0.1) is 33.5 Å². The van der Waals surface area contributed by atoms with E-state index in [4.69, 9.17) is 0 Å². The number of rotatable bonds is 6. The molecule has 0 aromatic carbocycles. The van der Waals surface area contributed by atoms with E-state index in [1.165, 1.54) is 12.8 Å². The molecule has 0 saturated heterocycles. The van der Waals surface area contributed by atoms with Crippen LogP contribution in [0.15, 0.2) is 24.3 Å². The summed E-state index contributed by atoms with van der Waals surface area (Å²) >= 11 is 0. The second-order valence-electron chi connectivity index (χ2n) is 14.8. The van der Waals surface area contributed by atoms with Gasteiger partial charge in [0.2, 0.25) is 0 Å². The van der Waals surface area contributed by atoms with E-state index in [0.717, 1.165) is 11.8 Å². The fourth-order valence-electron chi connectivity index (χ4n) is 4.30. The van der Waals surface area contributed by atoms with Crippen LogP contribution in [0.1, 0.15) is 124 Å². The van der Waals surface area contributed by atoms with E-state index in [2.05, 4.69) is 154 Å². The number of hydrogen-bond donors (Lipinski definition) is 0. The fourth-order valence-corrected chi connectivity index (χ4v) is 4.57. The largest absolute Gasteiger partial charge is 2.00 e.